The predicted molar refractivity (Wildman–Crippen MR) is 138 cm³/mol. The summed E-state index contributed by atoms with van der Waals surface area (Å²) in [5, 5.41) is 4.10. The molecule has 1 aliphatic heterocycles. The van der Waals surface area contributed by atoms with Crippen molar-refractivity contribution in [1.29, 1.82) is 0 Å². The molecule has 3 heterocycles. The van der Waals surface area contributed by atoms with Crippen LogP contribution in [0.25, 0.3) is 5.69 Å². The SMILES string of the molecule is Cc1onc(NSc2ccccc2-n2ccc(CN3C(=O)C4(CCCC4)N=C3C3CCC3)c2)c1C. The molecule has 0 atom stereocenters. The van der Waals surface area contributed by atoms with E-state index in [-0.39, 0.29) is 5.91 Å². The quantitative estimate of drug-likeness (QED) is 0.409. The Morgan fingerprint density at radius 3 is 2.66 bits per heavy atom. The molecule has 2 saturated carbocycles. The van der Waals surface area contributed by atoms with Crippen LogP contribution in [0.3, 0.4) is 0 Å². The van der Waals surface area contributed by atoms with Crippen LogP contribution in [-0.4, -0.2) is 31.9 Å². The van der Waals surface area contributed by atoms with Crippen LogP contribution in [0.15, 0.2) is 57.1 Å². The minimum atomic E-state index is -0.472. The molecule has 1 spiro atoms. The van der Waals surface area contributed by atoms with Crippen molar-refractivity contribution in [2.45, 2.75) is 75.8 Å². The summed E-state index contributed by atoms with van der Waals surface area (Å²) in [5.74, 6) is 3.29. The van der Waals surface area contributed by atoms with Crippen molar-refractivity contribution in [2.75, 3.05) is 4.72 Å². The Labute approximate surface area is 210 Å². The zero-order valence-corrected chi connectivity index (χ0v) is 21.1. The molecule has 1 amide bonds. The van der Waals surface area contributed by atoms with Crippen molar-refractivity contribution in [3.8, 4) is 5.69 Å². The van der Waals surface area contributed by atoms with Crippen LogP contribution >= 0.6 is 11.9 Å². The maximum atomic E-state index is 13.5. The number of hydrogen-bond donors (Lipinski definition) is 1. The molecule has 35 heavy (non-hydrogen) atoms. The number of benzene rings is 1. The van der Waals surface area contributed by atoms with Crippen LogP contribution < -0.4 is 4.72 Å². The first kappa shape index (κ1) is 22.5. The van der Waals surface area contributed by atoms with Gasteiger partial charge in [0.2, 0.25) is 0 Å². The molecular formula is C27H31N5O2S. The van der Waals surface area contributed by atoms with Gasteiger partial charge in [0.05, 0.1) is 17.1 Å². The van der Waals surface area contributed by atoms with Gasteiger partial charge in [0.1, 0.15) is 17.1 Å². The number of nitrogens with zero attached hydrogens (tertiary/aromatic N) is 4. The van der Waals surface area contributed by atoms with Gasteiger partial charge in [0.25, 0.3) is 5.91 Å². The molecule has 0 bridgehead atoms. The first-order valence-corrected chi connectivity index (χ1v) is 13.4. The van der Waals surface area contributed by atoms with Crippen LogP contribution in [-0.2, 0) is 11.3 Å². The fourth-order valence-electron chi connectivity index (χ4n) is 5.34. The second-order valence-electron chi connectivity index (χ2n) is 10.0. The van der Waals surface area contributed by atoms with E-state index in [1.54, 1.807) is 0 Å². The predicted octanol–water partition coefficient (Wildman–Crippen LogP) is 6.05. The van der Waals surface area contributed by atoms with Crippen molar-refractivity contribution in [2.24, 2.45) is 10.9 Å². The molecule has 2 fully saturated rings. The van der Waals surface area contributed by atoms with Crippen molar-refractivity contribution in [1.82, 2.24) is 14.6 Å². The number of amidine groups is 1. The highest BCUT2D eigenvalue weighted by Crippen LogP contribution is 2.43. The van der Waals surface area contributed by atoms with Crippen molar-refractivity contribution >= 4 is 29.5 Å². The number of anilines is 1. The molecular weight excluding hydrogens is 458 g/mol. The second-order valence-corrected chi connectivity index (χ2v) is 10.9. The Morgan fingerprint density at radius 1 is 1.14 bits per heavy atom. The van der Waals surface area contributed by atoms with Gasteiger partial charge in [-0.25, -0.2) is 0 Å². The lowest BCUT2D eigenvalue weighted by atomic mass is 9.84. The first-order chi connectivity index (χ1) is 17.0. The van der Waals surface area contributed by atoms with Gasteiger partial charge in [0, 0.05) is 23.9 Å². The number of para-hydroxylation sites is 1. The Balaban J connectivity index is 1.22. The zero-order valence-electron chi connectivity index (χ0n) is 20.3. The third-order valence-electron chi connectivity index (χ3n) is 7.80. The van der Waals surface area contributed by atoms with Crippen LogP contribution in [0.2, 0.25) is 0 Å². The van der Waals surface area contributed by atoms with Crippen LogP contribution in [0.4, 0.5) is 5.82 Å². The number of carbonyl (C=O) groups excluding carboxylic acids is 1. The average molecular weight is 490 g/mol. The number of aryl methyl sites for hydroxylation is 1. The van der Waals surface area contributed by atoms with E-state index in [2.05, 4.69) is 45.0 Å². The van der Waals surface area contributed by atoms with Gasteiger partial charge in [-0.15, -0.1) is 0 Å². The minimum absolute atomic E-state index is 0.225. The van der Waals surface area contributed by atoms with E-state index in [0.717, 1.165) is 77.6 Å². The molecule has 7 nitrogen and oxygen atoms in total. The Hall–Kier alpha value is -3.00. The van der Waals surface area contributed by atoms with Gasteiger partial charge in [-0.05, 0) is 75.2 Å². The van der Waals surface area contributed by atoms with Gasteiger partial charge in [0.15, 0.2) is 5.82 Å². The lowest BCUT2D eigenvalue weighted by molar-refractivity contribution is -0.131. The smallest absolute Gasteiger partial charge is 0.256 e. The summed E-state index contributed by atoms with van der Waals surface area (Å²) in [5.41, 5.74) is 2.73. The molecule has 3 aliphatic rings. The summed E-state index contributed by atoms with van der Waals surface area (Å²) < 4.78 is 10.7. The Morgan fingerprint density at radius 2 is 1.94 bits per heavy atom. The molecule has 2 aliphatic carbocycles. The first-order valence-electron chi connectivity index (χ1n) is 12.6. The van der Waals surface area contributed by atoms with E-state index in [4.69, 9.17) is 9.52 Å². The van der Waals surface area contributed by atoms with Crippen molar-refractivity contribution in [3.63, 3.8) is 0 Å². The standard InChI is InChI=1S/C27H31N5O2S/c1-18-19(2)34-29-24(18)30-35-23-11-4-3-10-22(23)31-15-12-20(16-31)17-32-25(21-8-7-9-21)28-27(26(32)33)13-5-6-14-27/h3-4,10-12,15-16,21H,5-9,13-14,17H2,1-2H3,(H,29,30). The van der Waals surface area contributed by atoms with Gasteiger partial charge < -0.3 is 13.8 Å². The highest BCUT2D eigenvalue weighted by Gasteiger charge is 2.51. The number of carbonyl (C=O) groups is 1. The fourth-order valence-corrected chi connectivity index (χ4v) is 6.16. The largest absolute Gasteiger partial charge is 0.359 e. The zero-order chi connectivity index (χ0) is 24.0. The molecule has 1 N–H and O–H groups in total. The number of rotatable bonds is 7. The highest BCUT2D eigenvalue weighted by atomic mass is 32.2. The van der Waals surface area contributed by atoms with Crippen LogP contribution in [0.1, 0.15) is 61.8 Å². The highest BCUT2D eigenvalue weighted by molar-refractivity contribution is 8.00. The molecule has 8 heteroatoms. The van der Waals surface area contributed by atoms with Gasteiger partial charge in [-0.2, -0.15) is 0 Å². The summed E-state index contributed by atoms with van der Waals surface area (Å²) in [6.07, 6.45) is 11.8. The van der Waals surface area contributed by atoms with Crippen molar-refractivity contribution < 1.29 is 9.32 Å². The second kappa shape index (κ2) is 8.90. The third kappa shape index (κ3) is 3.97. The molecule has 3 aromatic rings. The lowest BCUT2D eigenvalue weighted by Crippen LogP contribution is -2.43. The molecule has 182 valence electrons. The summed E-state index contributed by atoms with van der Waals surface area (Å²) in [6.45, 7) is 4.50. The van der Waals surface area contributed by atoms with Gasteiger partial charge in [-0.1, -0.05) is 36.6 Å². The number of amides is 1. The van der Waals surface area contributed by atoms with E-state index >= 15 is 0 Å². The monoisotopic (exact) mass is 489 g/mol. The Bertz CT molecular complexity index is 1280. The summed E-state index contributed by atoms with van der Waals surface area (Å²) >= 11 is 1.52. The molecule has 1 aromatic carbocycles. The number of hydrogen-bond acceptors (Lipinski definition) is 6. The van der Waals surface area contributed by atoms with E-state index in [1.165, 1.54) is 18.4 Å². The lowest BCUT2D eigenvalue weighted by Gasteiger charge is -2.30. The van der Waals surface area contributed by atoms with E-state index < -0.39 is 5.54 Å². The number of aromatic nitrogens is 2. The Kier molecular flexibility index (Phi) is 5.71. The summed E-state index contributed by atoms with van der Waals surface area (Å²) in [7, 11) is 0. The molecule has 6 rings (SSSR count). The van der Waals surface area contributed by atoms with Gasteiger partial charge in [-0.3, -0.25) is 14.7 Å². The van der Waals surface area contributed by atoms with Crippen LogP contribution in [0.5, 0.6) is 0 Å². The van der Waals surface area contributed by atoms with E-state index in [0.29, 0.717) is 12.5 Å². The maximum Gasteiger partial charge on any atom is 0.256 e. The molecule has 0 radical (unpaired) electrons. The third-order valence-corrected chi connectivity index (χ3v) is 8.66. The van der Waals surface area contributed by atoms with Crippen molar-refractivity contribution in [3.05, 3.63) is 59.6 Å². The number of nitrogens with one attached hydrogen (secondary N) is 1. The molecule has 0 unspecified atom stereocenters. The number of aliphatic imine (C=N–C) groups is 1. The fraction of sp³-hybridized carbons (Fsp3) is 0.444. The summed E-state index contributed by atoms with van der Waals surface area (Å²) in [6, 6.07) is 10.4. The maximum absolute atomic E-state index is 13.5. The van der Waals surface area contributed by atoms with Crippen LogP contribution in [0, 0.1) is 19.8 Å². The average Bonchev–Trinajstić information content (AvgIpc) is 3.60. The topological polar surface area (TPSA) is 75.7 Å². The minimum Gasteiger partial charge on any atom is -0.359 e. The summed E-state index contributed by atoms with van der Waals surface area (Å²) in [4.78, 5) is 21.7. The van der Waals surface area contributed by atoms with E-state index in [9.17, 15) is 4.79 Å². The normalized spacial score (nSPS) is 19.4. The van der Waals surface area contributed by atoms with Gasteiger partial charge >= 0.3 is 0 Å². The molecule has 0 saturated heterocycles. The van der Waals surface area contributed by atoms with E-state index in [1.807, 2.05) is 30.9 Å². The molecule has 2 aromatic heterocycles.